The molecule has 28 heavy (non-hydrogen) atoms. The summed E-state index contributed by atoms with van der Waals surface area (Å²) in [4.78, 5) is 16.4. The van der Waals surface area contributed by atoms with Crippen LogP contribution in [0, 0.1) is 0 Å². The van der Waals surface area contributed by atoms with Crippen molar-refractivity contribution in [2.24, 2.45) is 0 Å². The topological polar surface area (TPSA) is 69.0 Å². The lowest BCUT2D eigenvalue weighted by Crippen LogP contribution is -2.27. The van der Waals surface area contributed by atoms with Crippen molar-refractivity contribution in [1.29, 1.82) is 0 Å². The Morgan fingerprint density at radius 2 is 1.93 bits per heavy atom. The molecule has 2 heterocycles. The van der Waals surface area contributed by atoms with E-state index in [-0.39, 0.29) is 5.91 Å². The minimum absolute atomic E-state index is 0.0760. The summed E-state index contributed by atoms with van der Waals surface area (Å²) in [5.74, 6) is 0.484. The summed E-state index contributed by atoms with van der Waals surface area (Å²) in [7, 11) is 1.66. The van der Waals surface area contributed by atoms with Crippen LogP contribution in [0.25, 0.3) is 11.1 Å². The van der Waals surface area contributed by atoms with Gasteiger partial charge >= 0.3 is 0 Å². The summed E-state index contributed by atoms with van der Waals surface area (Å²) in [6, 6.07) is 11.5. The lowest BCUT2D eigenvalue weighted by atomic mass is 10.1. The molecule has 0 atom stereocenters. The zero-order chi connectivity index (χ0) is 19.3. The first-order chi connectivity index (χ1) is 13.7. The third-order valence-electron chi connectivity index (χ3n) is 4.90. The molecule has 1 N–H and O–H groups in total. The van der Waals surface area contributed by atoms with Crippen LogP contribution in [0.4, 0.5) is 0 Å². The second kappa shape index (κ2) is 8.35. The molecule has 1 aliphatic rings. The smallest absolute Gasteiger partial charge is 0.251 e. The molecular weight excluding hydrogens is 352 g/mol. The summed E-state index contributed by atoms with van der Waals surface area (Å²) in [6.07, 6.45) is 8.09. The molecule has 6 nitrogen and oxygen atoms in total. The highest BCUT2D eigenvalue weighted by Gasteiger charge is 2.29. The van der Waals surface area contributed by atoms with Gasteiger partial charge < -0.3 is 10.1 Å². The number of amides is 1. The van der Waals surface area contributed by atoms with Crippen LogP contribution in [0.3, 0.4) is 0 Å². The van der Waals surface area contributed by atoms with Gasteiger partial charge in [-0.3, -0.25) is 14.5 Å². The molecule has 6 heteroatoms. The first-order valence-corrected chi connectivity index (χ1v) is 9.58. The molecule has 1 saturated carbocycles. The third kappa shape index (κ3) is 4.28. The van der Waals surface area contributed by atoms with Crippen LogP contribution < -0.4 is 5.32 Å². The van der Waals surface area contributed by atoms with Gasteiger partial charge in [-0.25, -0.2) is 0 Å². The number of pyridine rings is 1. The van der Waals surface area contributed by atoms with Crippen molar-refractivity contribution in [3.8, 4) is 11.1 Å². The summed E-state index contributed by atoms with van der Waals surface area (Å²) >= 11 is 0. The predicted octanol–water partition coefficient (Wildman–Crippen LogP) is 3.40. The number of methoxy groups -OCH3 is 1. The van der Waals surface area contributed by atoms with Gasteiger partial charge in [0.05, 0.1) is 18.8 Å². The average molecular weight is 376 g/mol. The number of carbonyl (C=O) groups is 1. The zero-order valence-electron chi connectivity index (χ0n) is 16.0. The van der Waals surface area contributed by atoms with Crippen molar-refractivity contribution in [1.82, 2.24) is 20.1 Å². The molecule has 1 aliphatic carbocycles. The Labute approximate surface area is 164 Å². The molecule has 0 radical (unpaired) electrons. The fourth-order valence-corrected chi connectivity index (χ4v) is 3.27. The van der Waals surface area contributed by atoms with Crippen molar-refractivity contribution in [3.05, 3.63) is 71.8 Å². The highest BCUT2D eigenvalue weighted by Crippen LogP contribution is 2.43. The van der Waals surface area contributed by atoms with E-state index in [1.54, 1.807) is 7.11 Å². The van der Waals surface area contributed by atoms with E-state index < -0.39 is 0 Å². The number of hydrogen-bond donors (Lipinski definition) is 1. The first-order valence-electron chi connectivity index (χ1n) is 9.58. The molecule has 4 rings (SSSR count). The summed E-state index contributed by atoms with van der Waals surface area (Å²) in [5.41, 5.74) is 5.17. The Hall–Kier alpha value is -2.99. The van der Waals surface area contributed by atoms with Gasteiger partial charge in [0.1, 0.15) is 0 Å². The summed E-state index contributed by atoms with van der Waals surface area (Å²) in [5, 5.41) is 7.75. The van der Waals surface area contributed by atoms with Crippen molar-refractivity contribution in [3.63, 3.8) is 0 Å². The third-order valence-corrected chi connectivity index (χ3v) is 4.90. The SMILES string of the molecule is COCc1ccc(C(=O)NCCn2cc(-c3ccncc3)c(C3CC3)n2)cc1. The normalized spacial score (nSPS) is 13.5. The van der Waals surface area contributed by atoms with Crippen LogP contribution in [0.1, 0.15) is 40.4 Å². The Morgan fingerprint density at radius 1 is 1.18 bits per heavy atom. The average Bonchev–Trinajstić information content (AvgIpc) is 3.49. The molecule has 1 fully saturated rings. The number of rotatable bonds is 8. The van der Waals surface area contributed by atoms with E-state index in [1.165, 1.54) is 18.4 Å². The number of aromatic nitrogens is 3. The Balaban J connectivity index is 1.38. The largest absolute Gasteiger partial charge is 0.380 e. The molecule has 0 aliphatic heterocycles. The van der Waals surface area contributed by atoms with Crippen molar-refractivity contribution >= 4 is 5.91 Å². The standard InChI is InChI=1S/C22H24N4O2/c1-28-15-16-2-4-19(5-3-16)22(27)24-12-13-26-14-20(17-8-10-23-11-9-17)21(25-26)18-6-7-18/h2-5,8-11,14,18H,6-7,12-13,15H2,1H3,(H,24,27). The van der Waals surface area contributed by atoms with E-state index in [0.29, 0.717) is 31.2 Å². The van der Waals surface area contributed by atoms with Gasteiger partial charge in [0.25, 0.3) is 5.91 Å². The number of hydrogen-bond acceptors (Lipinski definition) is 4. The molecule has 0 saturated heterocycles. The molecule has 1 amide bonds. The number of nitrogens with zero attached hydrogens (tertiary/aromatic N) is 3. The van der Waals surface area contributed by atoms with E-state index in [0.717, 1.165) is 16.8 Å². The van der Waals surface area contributed by atoms with E-state index >= 15 is 0 Å². The van der Waals surface area contributed by atoms with Crippen LogP contribution in [0.2, 0.25) is 0 Å². The van der Waals surface area contributed by atoms with Crippen LogP contribution >= 0.6 is 0 Å². The molecule has 0 bridgehead atoms. The quantitative estimate of drug-likeness (QED) is 0.654. The van der Waals surface area contributed by atoms with Crippen molar-refractivity contribution < 1.29 is 9.53 Å². The van der Waals surface area contributed by atoms with Gasteiger partial charge in [-0.15, -0.1) is 0 Å². The van der Waals surface area contributed by atoms with E-state index in [4.69, 9.17) is 9.84 Å². The monoisotopic (exact) mass is 376 g/mol. The van der Waals surface area contributed by atoms with E-state index in [9.17, 15) is 4.79 Å². The summed E-state index contributed by atoms with van der Waals surface area (Å²) < 4.78 is 7.03. The lowest BCUT2D eigenvalue weighted by Gasteiger charge is -2.06. The molecule has 0 spiro atoms. The number of benzene rings is 1. The molecule has 0 unspecified atom stereocenters. The van der Waals surface area contributed by atoms with Crippen LogP contribution in [-0.4, -0.2) is 34.3 Å². The number of ether oxygens (including phenoxy) is 1. The molecule has 144 valence electrons. The van der Waals surface area contributed by atoms with Crippen LogP contribution in [0.5, 0.6) is 0 Å². The predicted molar refractivity (Wildman–Crippen MR) is 107 cm³/mol. The Kier molecular flexibility index (Phi) is 5.48. The van der Waals surface area contributed by atoms with Gasteiger partial charge in [0, 0.05) is 49.3 Å². The second-order valence-corrected chi connectivity index (χ2v) is 7.09. The number of carbonyl (C=O) groups excluding carboxylic acids is 1. The Morgan fingerprint density at radius 3 is 2.61 bits per heavy atom. The van der Waals surface area contributed by atoms with Gasteiger partial charge in [0.15, 0.2) is 0 Å². The van der Waals surface area contributed by atoms with Crippen LogP contribution in [-0.2, 0) is 17.9 Å². The van der Waals surface area contributed by atoms with Crippen molar-refractivity contribution in [2.75, 3.05) is 13.7 Å². The van der Waals surface area contributed by atoms with E-state index in [2.05, 4.69) is 16.5 Å². The Bertz CT molecular complexity index is 931. The maximum atomic E-state index is 12.3. The van der Waals surface area contributed by atoms with Gasteiger partial charge in [-0.2, -0.15) is 5.10 Å². The zero-order valence-corrected chi connectivity index (χ0v) is 16.0. The maximum Gasteiger partial charge on any atom is 0.251 e. The minimum atomic E-state index is -0.0760. The fraction of sp³-hybridized carbons (Fsp3) is 0.318. The maximum absolute atomic E-state index is 12.3. The van der Waals surface area contributed by atoms with Gasteiger partial charge in [-0.05, 0) is 48.2 Å². The fourth-order valence-electron chi connectivity index (χ4n) is 3.27. The second-order valence-electron chi connectivity index (χ2n) is 7.09. The van der Waals surface area contributed by atoms with Crippen LogP contribution in [0.15, 0.2) is 55.0 Å². The highest BCUT2D eigenvalue weighted by molar-refractivity contribution is 5.94. The summed E-state index contributed by atoms with van der Waals surface area (Å²) in [6.45, 7) is 1.71. The minimum Gasteiger partial charge on any atom is -0.380 e. The molecular formula is C22H24N4O2. The molecule has 2 aromatic heterocycles. The number of nitrogens with one attached hydrogen (secondary N) is 1. The first kappa shape index (κ1) is 18.4. The lowest BCUT2D eigenvalue weighted by molar-refractivity contribution is 0.0952. The molecule has 1 aromatic carbocycles. The van der Waals surface area contributed by atoms with Gasteiger partial charge in [0.2, 0.25) is 0 Å². The van der Waals surface area contributed by atoms with Gasteiger partial charge in [-0.1, -0.05) is 12.1 Å². The highest BCUT2D eigenvalue weighted by atomic mass is 16.5. The van der Waals surface area contributed by atoms with Crippen molar-refractivity contribution in [2.45, 2.75) is 31.9 Å². The molecule has 3 aromatic rings. The van der Waals surface area contributed by atoms with E-state index in [1.807, 2.05) is 53.5 Å².